The van der Waals surface area contributed by atoms with Crippen LogP contribution < -0.4 is 10.0 Å². The second-order valence-electron chi connectivity index (χ2n) is 3.92. The maximum Gasteiger partial charge on any atom is 0.266 e. The van der Waals surface area contributed by atoms with Crippen molar-refractivity contribution in [2.24, 2.45) is 0 Å². The Bertz CT molecular complexity index is 686. The molecule has 0 bridgehead atoms. The molecule has 0 atom stereocenters. The number of anilines is 2. The standard InChI is InChI=1S/C12H14N4O2S/c1-9-5-7-14-11(8-9)16-19(17,18)10-4-3-6-15-12(10)13-2/h3-8H,1-2H3,(H,13,15)(H,14,16). The minimum absolute atomic E-state index is 0.0841. The predicted molar refractivity (Wildman–Crippen MR) is 73.6 cm³/mol. The van der Waals surface area contributed by atoms with Crippen LogP contribution in [0, 0.1) is 6.92 Å². The van der Waals surface area contributed by atoms with Crippen LogP contribution in [0.2, 0.25) is 0 Å². The van der Waals surface area contributed by atoms with E-state index in [1.54, 1.807) is 31.4 Å². The molecule has 2 aromatic rings. The lowest BCUT2D eigenvalue weighted by Crippen LogP contribution is -2.16. The molecule has 0 unspecified atom stereocenters. The third kappa shape index (κ3) is 3.00. The average Bonchev–Trinajstić information content (AvgIpc) is 2.38. The molecule has 0 saturated carbocycles. The van der Waals surface area contributed by atoms with E-state index in [1.807, 2.05) is 6.92 Å². The molecule has 2 N–H and O–H groups in total. The number of pyridine rings is 2. The monoisotopic (exact) mass is 278 g/mol. The summed E-state index contributed by atoms with van der Waals surface area (Å²) in [5, 5.41) is 2.75. The molecular weight excluding hydrogens is 264 g/mol. The molecule has 0 amide bonds. The number of sulfonamides is 1. The Hall–Kier alpha value is -2.15. The molecule has 0 aliphatic rings. The van der Waals surface area contributed by atoms with Crippen LogP contribution in [-0.2, 0) is 10.0 Å². The first-order chi connectivity index (χ1) is 9.03. The molecule has 0 aliphatic heterocycles. The van der Waals surface area contributed by atoms with Crippen LogP contribution in [0.5, 0.6) is 0 Å². The highest BCUT2D eigenvalue weighted by atomic mass is 32.2. The van der Waals surface area contributed by atoms with Crippen LogP contribution in [0.15, 0.2) is 41.6 Å². The summed E-state index contributed by atoms with van der Waals surface area (Å²) in [5.74, 6) is 0.577. The molecule has 0 aliphatic carbocycles. The van der Waals surface area contributed by atoms with Crippen molar-refractivity contribution < 1.29 is 8.42 Å². The Morgan fingerprint density at radius 2 is 1.95 bits per heavy atom. The molecule has 2 heterocycles. The molecule has 19 heavy (non-hydrogen) atoms. The van der Waals surface area contributed by atoms with Crippen LogP contribution in [-0.4, -0.2) is 25.4 Å². The van der Waals surface area contributed by atoms with Crippen molar-refractivity contribution in [3.05, 3.63) is 42.2 Å². The van der Waals surface area contributed by atoms with Crippen LogP contribution in [0.3, 0.4) is 0 Å². The fourth-order valence-electron chi connectivity index (χ4n) is 1.58. The molecule has 0 saturated heterocycles. The Morgan fingerprint density at radius 3 is 2.63 bits per heavy atom. The van der Waals surface area contributed by atoms with Crippen LogP contribution >= 0.6 is 0 Å². The summed E-state index contributed by atoms with van der Waals surface area (Å²) in [5.41, 5.74) is 0.924. The van der Waals surface area contributed by atoms with Crippen molar-refractivity contribution in [3.8, 4) is 0 Å². The molecule has 0 radical (unpaired) electrons. The van der Waals surface area contributed by atoms with E-state index in [2.05, 4.69) is 20.0 Å². The smallest absolute Gasteiger partial charge is 0.266 e. The Balaban J connectivity index is 2.38. The lowest BCUT2D eigenvalue weighted by molar-refractivity contribution is 0.601. The average molecular weight is 278 g/mol. The highest BCUT2D eigenvalue weighted by molar-refractivity contribution is 7.92. The third-order valence-electron chi connectivity index (χ3n) is 2.45. The fourth-order valence-corrected chi connectivity index (χ4v) is 2.74. The van der Waals surface area contributed by atoms with Gasteiger partial charge in [0.25, 0.3) is 10.0 Å². The van der Waals surface area contributed by atoms with Gasteiger partial charge in [-0.25, -0.2) is 18.4 Å². The van der Waals surface area contributed by atoms with Crippen LogP contribution in [0.25, 0.3) is 0 Å². The maximum absolute atomic E-state index is 12.3. The maximum atomic E-state index is 12.3. The molecule has 100 valence electrons. The largest absolute Gasteiger partial charge is 0.372 e. The summed E-state index contributed by atoms with van der Waals surface area (Å²) in [6.07, 6.45) is 3.07. The van der Waals surface area contributed by atoms with Crippen molar-refractivity contribution in [1.82, 2.24) is 9.97 Å². The van der Waals surface area contributed by atoms with E-state index in [4.69, 9.17) is 0 Å². The van der Waals surface area contributed by atoms with E-state index < -0.39 is 10.0 Å². The van der Waals surface area contributed by atoms with E-state index in [1.165, 1.54) is 12.3 Å². The summed E-state index contributed by atoms with van der Waals surface area (Å²) in [4.78, 5) is 8.03. The summed E-state index contributed by atoms with van der Waals surface area (Å²) >= 11 is 0. The van der Waals surface area contributed by atoms with Crippen molar-refractivity contribution >= 4 is 21.7 Å². The number of hydrogen-bond acceptors (Lipinski definition) is 5. The molecule has 2 rings (SSSR count). The zero-order valence-electron chi connectivity index (χ0n) is 10.6. The van der Waals surface area contributed by atoms with Crippen molar-refractivity contribution in [2.75, 3.05) is 17.1 Å². The number of aromatic nitrogens is 2. The first kappa shape index (κ1) is 13.3. The number of rotatable bonds is 4. The first-order valence-corrected chi connectivity index (χ1v) is 7.09. The molecular formula is C12H14N4O2S. The molecule has 0 spiro atoms. The summed E-state index contributed by atoms with van der Waals surface area (Å²) in [6.45, 7) is 1.86. The first-order valence-electron chi connectivity index (χ1n) is 5.61. The lowest BCUT2D eigenvalue weighted by Gasteiger charge is -2.10. The van der Waals surface area contributed by atoms with Gasteiger partial charge in [-0.15, -0.1) is 0 Å². The predicted octanol–water partition coefficient (Wildman–Crippen LogP) is 1.63. The highest BCUT2D eigenvalue weighted by Gasteiger charge is 2.19. The zero-order valence-corrected chi connectivity index (χ0v) is 11.4. The molecule has 7 heteroatoms. The fraction of sp³-hybridized carbons (Fsp3) is 0.167. The van der Waals surface area contributed by atoms with Gasteiger partial charge in [-0.1, -0.05) is 0 Å². The van der Waals surface area contributed by atoms with Gasteiger partial charge in [-0.2, -0.15) is 0 Å². The number of hydrogen-bond donors (Lipinski definition) is 2. The van der Waals surface area contributed by atoms with Gasteiger partial charge in [0.15, 0.2) is 0 Å². The quantitative estimate of drug-likeness (QED) is 0.888. The zero-order chi connectivity index (χ0) is 13.9. The van der Waals surface area contributed by atoms with Gasteiger partial charge in [-0.3, -0.25) is 4.72 Å². The van der Waals surface area contributed by atoms with Crippen LogP contribution in [0.4, 0.5) is 11.6 Å². The topological polar surface area (TPSA) is 84.0 Å². The molecule has 2 aromatic heterocycles. The second kappa shape index (κ2) is 5.23. The van der Waals surface area contributed by atoms with Crippen molar-refractivity contribution in [3.63, 3.8) is 0 Å². The number of nitrogens with one attached hydrogen (secondary N) is 2. The van der Waals surface area contributed by atoms with E-state index in [0.29, 0.717) is 5.82 Å². The molecule has 0 aromatic carbocycles. The minimum Gasteiger partial charge on any atom is -0.372 e. The normalized spacial score (nSPS) is 11.1. The van der Waals surface area contributed by atoms with Gasteiger partial charge >= 0.3 is 0 Å². The Kier molecular flexibility index (Phi) is 3.66. The molecule has 6 nitrogen and oxygen atoms in total. The van der Waals surface area contributed by atoms with Crippen molar-refractivity contribution in [1.29, 1.82) is 0 Å². The lowest BCUT2D eigenvalue weighted by atomic mass is 10.3. The summed E-state index contributed by atoms with van der Waals surface area (Å²) < 4.78 is 27.0. The Labute approximate surface area is 112 Å². The van der Waals surface area contributed by atoms with E-state index in [-0.39, 0.29) is 10.7 Å². The minimum atomic E-state index is -3.71. The van der Waals surface area contributed by atoms with Crippen molar-refractivity contribution in [2.45, 2.75) is 11.8 Å². The van der Waals surface area contributed by atoms with Gasteiger partial charge in [0.05, 0.1) is 0 Å². The van der Waals surface area contributed by atoms with E-state index >= 15 is 0 Å². The number of nitrogens with zero attached hydrogens (tertiary/aromatic N) is 2. The van der Waals surface area contributed by atoms with Gasteiger partial charge in [0.1, 0.15) is 16.5 Å². The van der Waals surface area contributed by atoms with Gasteiger partial charge < -0.3 is 5.32 Å². The van der Waals surface area contributed by atoms with Gasteiger partial charge in [0.2, 0.25) is 0 Å². The second-order valence-corrected chi connectivity index (χ2v) is 5.57. The Morgan fingerprint density at radius 1 is 1.16 bits per heavy atom. The van der Waals surface area contributed by atoms with Gasteiger partial charge in [-0.05, 0) is 36.8 Å². The van der Waals surface area contributed by atoms with Gasteiger partial charge in [0, 0.05) is 19.4 Å². The highest BCUT2D eigenvalue weighted by Crippen LogP contribution is 2.20. The summed E-state index contributed by atoms with van der Waals surface area (Å²) in [7, 11) is -2.09. The molecule has 0 fully saturated rings. The third-order valence-corrected chi connectivity index (χ3v) is 3.84. The number of aryl methyl sites for hydroxylation is 1. The van der Waals surface area contributed by atoms with E-state index in [9.17, 15) is 8.42 Å². The SMILES string of the molecule is CNc1ncccc1S(=O)(=O)Nc1cc(C)ccn1. The summed E-state index contributed by atoms with van der Waals surface area (Å²) in [6, 6.07) is 6.50. The van der Waals surface area contributed by atoms with Crippen LogP contribution in [0.1, 0.15) is 5.56 Å². The van der Waals surface area contributed by atoms with E-state index in [0.717, 1.165) is 5.56 Å².